The van der Waals surface area contributed by atoms with E-state index in [0.29, 0.717) is 6.54 Å². The molecule has 82 valence electrons. The monoisotopic (exact) mass is 215 g/mol. The van der Waals surface area contributed by atoms with Crippen LogP contribution in [0.4, 0.5) is 5.82 Å². The molecule has 0 fully saturated rings. The van der Waals surface area contributed by atoms with E-state index in [1.54, 1.807) is 6.26 Å². The normalized spacial score (nSPS) is 13.8. The first-order valence-corrected chi connectivity index (χ1v) is 5.54. The molecule has 1 N–H and O–H groups in total. The predicted octanol–water partition coefficient (Wildman–Crippen LogP) is 2.17. The summed E-state index contributed by atoms with van der Waals surface area (Å²) in [5.41, 5.74) is 3.53. The molecule has 0 spiro atoms. The average molecular weight is 215 g/mol. The molecule has 1 aliphatic carbocycles. The molecule has 0 amide bonds. The first kappa shape index (κ1) is 9.39. The number of aromatic nitrogens is 2. The molecule has 0 aliphatic heterocycles. The molecule has 1 aliphatic rings. The third kappa shape index (κ3) is 1.78. The number of fused-ring (bicyclic) bond motifs is 1. The summed E-state index contributed by atoms with van der Waals surface area (Å²) in [6, 6.07) is 6.05. The lowest BCUT2D eigenvalue weighted by Crippen LogP contribution is -2.02. The van der Waals surface area contributed by atoms with Gasteiger partial charge in [-0.2, -0.15) is 0 Å². The number of aryl methyl sites for hydroxylation is 2. The van der Waals surface area contributed by atoms with E-state index in [0.717, 1.165) is 17.9 Å². The highest BCUT2D eigenvalue weighted by Crippen LogP contribution is 2.21. The molecule has 0 saturated heterocycles. The second kappa shape index (κ2) is 3.96. The minimum absolute atomic E-state index is 0.655. The average Bonchev–Trinajstić information content (AvgIpc) is 2.97. The van der Waals surface area contributed by atoms with Crippen LogP contribution in [0.25, 0.3) is 0 Å². The molecule has 0 atom stereocenters. The van der Waals surface area contributed by atoms with E-state index < -0.39 is 0 Å². The van der Waals surface area contributed by atoms with Crippen molar-refractivity contribution in [1.29, 1.82) is 0 Å². The highest BCUT2D eigenvalue weighted by Gasteiger charge is 2.12. The predicted molar refractivity (Wildman–Crippen MR) is 60.1 cm³/mol. The van der Waals surface area contributed by atoms with Crippen molar-refractivity contribution in [3.05, 3.63) is 41.4 Å². The molecule has 0 unspecified atom stereocenters. The summed E-state index contributed by atoms with van der Waals surface area (Å²) in [5.74, 6) is 0.920. The third-order valence-electron chi connectivity index (χ3n) is 2.87. The van der Waals surface area contributed by atoms with Gasteiger partial charge in [0.1, 0.15) is 17.8 Å². The van der Waals surface area contributed by atoms with Crippen molar-refractivity contribution in [1.82, 2.24) is 10.1 Å². The largest absolute Gasteiger partial charge is 0.364 e. The Balaban J connectivity index is 1.71. The maximum Gasteiger partial charge on any atom is 0.126 e. The second-order valence-electron chi connectivity index (χ2n) is 4.00. The summed E-state index contributed by atoms with van der Waals surface area (Å²) in [7, 11) is 0. The van der Waals surface area contributed by atoms with Gasteiger partial charge in [0.2, 0.25) is 0 Å². The van der Waals surface area contributed by atoms with Gasteiger partial charge in [0.05, 0.1) is 6.54 Å². The van der Waals surface area contributed by atoms with Gasteiger partial charge in [-0.05, 0) is 30.9 Å². The number of hydrogen-bond acceptors (Lipinski definition) is 4. The van der Waals surface area contributed by atoms with Crippen LogP contribution in [0.15, 0.2) is 29.0 Å². The molecule has 0 bridgehead atoms. The molecule has 2 heterocycles. The zero-order valence-corrected chi connectivity index (χ0v) is 8.94. The highest BCUT2D eigenvalue weighted by atomic mass is 16.5. The molecule has 2 aromatic heterocycles. The van der Waals surface area contributed by atoms with Crippen molar-refractivity contribution in [2.45, 2.75) is 25.8 Å². The lowest BCUT2D eigenvalue weighted by atomic mass is 10.2. The van der Waals surface area contributed by atoms with Crippen LogP contribution in [0.1, 0.15) is 23.4 Å². The van der Waals surface area contributed by atoms with E-state index >= 15 is 0 Å². The van der Waals surface area contributed by atoms with Gasteiger partial charge in [0.25, 0.3) is 0 Å². The summed E-state index contributed by atoms with van der Waals surface area (Å²) >= 11 is 0. The van der Waals surface area contributed by atoms with Crippen LogP contribution < -0.4 is 5.32 Å². The fourth-order valence-electron chi connectivity index (χ4n) is 2.03. The quantitative estimate of drug-likeness (QED) is 0.852. The summed E-state index contributed by atoms with van der Waals surface area (Å²) in [5, 5.41) is 7.08. The van der Waals surface area contributed by atoms with Crippen molar-refractivity contribution >= 4 is 5.82 Å². The van der Waals surface area contributed by atoms with Gasteiger partial charge in [-0.1, -0.05) is 11.2 Å². The van der Waals surface area contributed by atoms with Crippen LogP contribution >= 0.6 is 0 Å². The number of nitrogens with zero attached hydrogens (tertiary/aromatic N) is 2. The Morgan fingerprint density at radius 1 is 1.25 bits per heavy atom. The van der Waals surface area contributed by atoms with E-state index in [2.05, 4.69) is 21.5 Å². The summed E-state index contributed by atoms with van der Waals surface area (Å²) in [6.07, 6.45) is 5.09. The SMILES string of the molecule is c1cc(CNc2ccc3c(n2)CCC3)no1. The molecule has 16 heavy (non-hydrogen) atoms. The fourth-order valence-corrected chi connectivity index (χ4v) is 2.03. The molecule has 2 aromatic rings. The first-order valence-electron chi connectivity index (χ1n) is 5.54. The van der Waals surface area contributed by atoms with Gasteiger partial charge < -0.3 is 9.84 Å². The molecular weight excluding hydrogens is 202 g/mol. The number of anilines is 1. The van der Waals surface area contributed by atoms with E-state index in [1.807, 2.05) is 12.1 Å². The minimum atomic E-state index is 0.655. The number of hydrogen-bond donors (Lipinski definition) is 1. The van der Waals surface area contributed by atoms with Crippen LogP contribution in [0.3, 0.4) is 0 Å². The van der Waals surface area contributed by atoms with Gasteiger partial charge in [0.15, 0.2) is 0 Å². The maximum absolute atomic E-state index is 4.77. The Hall–Kier alpha value is -1.84. The molecule has 0 radical (unpaired) electrons. The van der Waals surface area contributed by atoms with Crippen LogP contribution in [-0.2, 0) is 19.4 Å². The second-order valence-corrected chi connectivity index (χ2v) is 4.00. The van der Waals surface area contributed by atoms with Crippen LogP contribution in [0.5, 0.6) is 0 Å². The minimum Gasteiger partial charge on any atom is -0.364 e. The van der Waals surface area contributed by atoms with Crippen molar-refractivity contribution < 1.29 is 4.52 Å². The number of rotatable bonds is 3. The van der Waals surface area contributed by atoms with E-state index in [1.165, 1.54) is 24.1 Å². The van der Waals surface area contributed by atoms with Gasteiger partial charge in [-0.15, -0.1) is 0 Å². The van der Waals surface area contributed by atoms with E-state index in [9.17, 15) is 0 Å². The lowest BCUT2D eigenvalue weighted by molar-refractivity contribution is 0.412. The van der Waals surface area contributed by atoms with Crippen molar-refractivity contribution in [2.24, 2.45) is 0 Å². The zero-order valence-electron chi connectivity index (χ0n) is 8.94. The molecule has 0 aromatic carbocycles. The molecule has 0 saturated carbocycles. The van der Waals surface area contributed by atoms with E-state index in [-0.39, 0.29) is 0 Å². The molecule has 4 nitrogen and oxygen atoms in total. The zero-order chi connectivity index (χ0) is 10.8. The highest BCUT2D eigenvalue weighted by molar-refractivity contribution is 5.40. The van der Waals surface area contributed by atoms with Crippen LogP contribution in [0, 0.1) is 0 Å². The van der Waals surface area contributed by atoms with Crippen molar-refractivity contribution in [2.75, 3.05) is 5.32 Å². The van der Waals surface area contributed by atoms with Crippen LogP contribution in [-0.4, -0.2) is 10.1 Å². The van der Waals surface area contributed by atoms with Gasteiger partial charge in [0, 0.05) is 11.8 Å². The van der Waals surface area contributed by atoms with Gasteiger partial charge in [-0.3, -0.25) is 0 Å². The number of nitrogens with one attached hydrogen (secondary N) is 1. The Morgan fingerprint density at radius 2 is 2.25 bits per heavy atom. The van der Waals surface area contributed by atoms with Gasteiger partial charge in [-0.25, -0.2) is 4.98 Å². The summed E-state index contributed by atoms with van der Waals surface area (Å²) < 4.78 is 4.77. The summed E-state index contributed by atoms with van der Waals surface area (Å²) in [6.45, 7) is 0.655. The fraction of sp³-hybridized carbons (Fsp3) is 0.333. The smallest absolute Gasteiger partial charge is 0.126 e. The third-order valence-corrected chi connectivity index (χ3v) is 2.87. The van der Waals surface area contributed by atoms with Crippen molar-refractivity contribution in [3.8, 4) is 0 Å². The van der Waals surface area contributed by atoms with Crippen LogP contribution in [0.2, 0.25) is 0 Å². The summed E-state index contributed by atoms with van der Waals surface area (Å²) in [4.78, 5) is 4.58. The Labute approximate surface area is 93.7 Å². The Bertz CT molecular complexity index is 479. The Morgan fingerprint density at radius 3 is 3.12 bits per heavy atom. The van der Waals surface area contributed by atoms with Gasteiger partial charge >= 0.3 is 0 Å². The molecule has 4 heteroatoms. The number of pyridine rings is 1. The van der Waals surface area contributed by atoms with Crippen molar-refractivity contribution in [3.63, 3.8) is 0 Å². The standard InChI is InChI=1S/C12H13N3O/c1-2-9-4-5-12(14-11(9)3-1)13-8-10-6-7-16-15-10/h4-7H,1-3,8H2,(H,13,14). The molecular formula is C12H13N3O. The lowest BCUT2D eigenvalue weighted by Gasteiger charge is -2.05. The molecule has 3 rings (SSSR count). The maximum atomic E-state index is 4.77. The topological polar surface area (TPSA) is 51.0 Å². The first-order chi connectivity index (χ1) is 7.92. The van der Waals surface area contributed by atoms with E-state index in [4.69, 9.17) is 4.52 Å². The Kier molecular flexibility index (Phi) is 2.33.